The van der Waals surface area contributed by atoms with E-state index >= 15 is 0 Å². The fourth-order valence-electron chi connectivity index (χ4n) is 4.86. The van der Waals surface area contributed by atoms with Crippen molar-refractivity contribution in [3.8, 4) is 0 Å². The molecule has 2 N–H and O–H groups in total. The number of imide groups is 1. The van der Waals surface area contributed by atoms with Gasteiger partial charge in [0.1, 0.15) is 12.1 Å². The molecule has 1 saturated heterocycles. The molecule has 1 aliphatic carbocycles. The van der Waals surface area contributed by atoms with Crippen molar-refractivity contribution in [3.63, 3.8) is 0 Å². The van der Waals surface area contributed by atoms with Crippen LogP contribution in [-0.4, -0.2) is 29.3 Å². The number of urea groups is 1. The summed E-state index contributed by atoms with van der Waals surface area (Å²) in [5.74, 6) is -0.692. The van der Waals surface area contributed by atoms with Gasteiger partial charge in [-0.15, -0.1) is 11.3 Å². The van der Waals surface area contributed by atoms with E-state index in [0.29, 0.717) is 12.8 Å². The molecule has 0 bridgehead atoms. The normalized spacial score (nSPS) is 20.4. The largest absolute Gasteiger partial charge is 0.347 e. The number of carbonyl (C=O) groups is 3. The molecule has 7 heteroatoms. The minimum atomic E-state index is -1.03. The third kappa shape index (κ3) is 4.04. The Hall–Kier alpha value is -3.45. The molecule has 2 aliphatic rings. The summed E-state index contributed by atoms with van der Waals surface area (Å²) in [7, 11) is 0. The summed E-state index contributed by atoms with van der Waals surface area (Å²) in [6.45, 7) is -0.302. The van der Waals surface area contributed by atoms with Crippen molar-refractivity contribution in [3.05, 3.63) is 93.7 Å². The predicted octanol–water partition coefficient (Wildman–Crippen LogP) is 3.93. The number of benzene rings is 2. The van der Waals surface area contributed by atoms with E-state index in [-0.39, 0.29) is 24.4 Å². The molecule has 1 spiro atoms. The average molecular weight is 460 g/mol. The maximum Gasteiger partial charge on any atom is 0.325 e. The number of nitrogens with zero attached hydrogens (tertiary/aromatic N) is 1. The summed E-state index contributed by atoms with van der Waals surface area (Å²) in [5, 5.41) is 7.91. The third-order valence-corrected chi connectivity index (χ3v) is 7.44. The summed E-state index contributed by atoms with van der Waals surface area (Å²) in [4.78, 5) is 41.4. The van der Waals surface area contributed by atoms with Gasteiger partial charge < -0.3 is 10.6 Å². The Morgan fingerprint density at radius 1 is 1.06 bits per heavy atom. The van der Waals surface area contributed by atoms with E-state index in [1.165, 1.54) is 0 Å². The Labute approximate surface area is 196 Å². The standard InChI is InChI=1S/C26H25N3O3S/c30-23(27-21(19-10-5-2-6-11-19)16-18-8-3-1-4-9-18)17-29-24(31)26(28-25(29)32)14-7-12-22-20(26)13-15-33-22/h1-6,8-11,13,15,21H,7,12,14,16-17H2,(H,27,30)(H,28,32). The topological polar surface area (TPSA) is 78.5 Å². The van der Waals surface area contributed by atoms with Crippen molar-refractivity contribution < 1.29 is 14.4 Å². The van der Waals surface area contributed by atoms with Crippen molar-refractivity contribution in [2.24, 2.45) is 0 Å². The van der Waals surface area contributed by atoms with Gasteiger partial charge in [-0.1, -0.05) is 60.7 Å². The molecule has 2 unspecified atom stereocenters. The Kier molecular flexibility index (Phi) is 5.72. The van der Waals surface area contributed by atoms with Crippen molar-refractivity contribution >= 4 is 29.2 Å². The smallest absolute Gasteiger partial charge is 0.325 e. The van der Waals surface area contributed by atoms with Gasteiger partial charge in [0.05, 0.1) is 6.04 Å². The van der Waals surface area contributed by atoms with E-state index in [9.17, 15) is 14.4 Å². The van der Waals surface area contributed by atoms with E-state index in [2.05, 4.69) is 10.6 Å². The van der Waals surface area contributed by atoms with Gasteiger partial charge in [-0.2, -0.15) is 0 Å². The number of aryl methyl sites for hydroxylation is 1. The van der Waals surface area contributed by atoms with E-state index < -0.39 is 11.6 Å². The van der Waals surface area contributed by atoms with Gasteiger partial charge >= 0.3 is 6.03 Å². The molecular weight excluding hydrogens is 434 g/mol. The summed E-state index contributed by atoms with van der Waals surface area (Å²) >= 11 is 1.61. The molecule has 0 saturated carbocycles. The van der Waals surface area contributed by atoms with Crippen LogP contribution in [0.3, 0.4) is 0 Å². The first-order chi connectivity index (χ1) is 16.1. The molecule has 33 heavy (non-hydrogen) atoms. The van der Waals surface area contributed by atoms with Crippen LogP contribution in [0.25, 0.3) is 0 Å². The van der Waals surface area contributed by atoms with E-state index in [1.807, 2.05) is 72.1 Å². The Morgan fingerprint density at radius 3 is 2.55 bits per heavy atom. The monoisotopic (exact) mass is 459 g/mol. The van der Waals surface area contributed by atoms with Crippen LogP contribution < -0.4 is 10.6 Å². The number of thiophene rings is 1. The van der Waals surface area contributed by atoms with Crippen LogP contribution in [-0.2, 0) is 28.0 Å². The second kappa shape index (κ2) is 8.83. The maximum atomic E-state index is 13.4. The number of hydrogen-bond donors (Lipinski definition) is 2. The number of amides is 4. The number of rotatable bonds is 6. The average Bonchev–Trinajstić information content (AvgIpc) is 3.41. The number of nitrogens with one attached hydrogen (secondary N) is 2. The summed E-state index contributed by atoms with van der Waals surface area (Å²) in [6, 6.07) is 20.8. The molecule has 2 atom stereocenters. The zero-order chi connectivity index (χ0) is 22.8. The first-order valence-electron chi connectivity index (χ1n) is 11.2. The summed E-state index contributed by atoms with van der Waals surface area (Å²) in [5.41, 5.74) is 1.91. The zero-order valence-corrected chi connectivity index (χ0v) is 18.9. The van der Waals surface area contributed by atoms with Crippen molar-refractivity contribution in [1.82, 2.24) is 15.5 Å². The second-order valence-electron chi connectivity index (χ2n) is 8.56. The molecule has 0 radical (unpaired) electrons. The summed E-state index contributed by atoms with van der Waals surface area (Å²) < 4.78 is 0. The molecule has 2 heterocycles. The third-order valence-electron chi connectivity index (χ3n) is 6.46. The van der Waals surface area contributed by atoms with Crippen LogP contribution in [0.2, 0.25) is 0 Å². The highest BCUT2D eigenvalue weighted by Gasteiger charge is 2.54. The molecule has 2 aromatic carbocycles. The zero-order valence-electron chi connectivity index (χ0n) is 18.1. The van der Waals surface area contributed by atoms with E-state index in [1.54, 1.807) is 11.3 Å². The quantitative estimate of drug-likeness (QED) is 0.548. The Balaban J connectivity index is 1.33. The highest BCUT2D eigenvalue weighted by Crippen LogP contribution is 2.42. The lowest BCUT2D eigenvalue weighted by atomic mass is 9.80. The van der Waals surface area contributed by atoms with Crippen molar-refractivity contribution in [2.75, 3.05) is 6.54 Å². The molecule has 4 amide bonds. The second-order valence-corrected chi connectivity index (χ2v) is 9.56. The lowest BCUT2D eigenvalue weighted by Crippen LogP contribution is -2.47. The van der Waals surface area contributed by atoms with Crippen LogP contribution in [0.1, 0.15) is 40.5 Å². The van der Waals surface area contributed by atoms with E-state index in [4.69, 9.17) is 0 Å². The van der Waals surface area contributed by atoms with Gasteiger partial charge in [-0.3, -0.25) is 14.5 Å². The SMILES string of the molecule is O=C(CN1C(=O)NC2(CCCc3sccc32)C1=O)NC(Cc1ccccc1)c1ccccc1. The van der Waals surface area contributed by atoms with E-state index in [0.717, 1.165) is 39.3 Å². The Morgan fingerprint density at radius 2 is 1.79 bits per heavy atom. The van der Waals surface area contributed by atoms with Crippen molar-refractivity contribution in [1.29, 1.82) is 0 Å². The highest BCUT2D eigenvalue weighted by atomic mass is 32.1. The summed E-state index contributed by atoms with van der Waals surface area (Å²) in [6.07, 6.45) is 2.91. The maximum absolute atomic E-state index is 13.4. The highest BCUT2D eigenvalue weighted by molar-refractivity contribution is 7.10. The van der Waals surface area contributed by atoms with Gasteiger partial charge in [0, 0.05) is 10.4 Å². The number of hydrogen-bond acceptors (Lipinski definition) is 4. The molecule has 1 fully saturated rings. The van der Waals surface area contributed by atoms with Crippen LogP contribution in [0.15, 0.2) is 72.1 Å². The van der Waals surface area contributed by atoms with Crippen molar-refractivity contribution in [2.45, 2.75) is 37.3 Å². The van der Waals surface area contributed by atoms with Crippen LogP contribution >= 0.6 is 11.3 Å². The lowest BCUT2D eigenvalue weighted by Gasteiger charge is -2.31. The Bertz CT molecular complexity index is 1180. The molecule has 6 nitrogen and oxygen atoms in total. The van der Waals surface area contributed by atoms with Gasteiger partial charge in [-0.05, 0) is 48.3 Å². The molecule has 1 aromatic heterocycles. The van der Waals surface area contributed by atoms with Gasteiger partial charge in [0.25, 0.3) is 5.91 Å². The van der Waals surface area contributed by atoms with Gasteiger partial charge in [-0.25, -0.2) is 4.79 Å². The van der Waals surface area contributed by atoms with Crippen LogP contribution in [0.5, 0.6) is 0 Å². The van der Waals surface area contributed by atoms with Gasteiger partial charge in [0.2, 0.25) is 5.91 Å². The minimum Gasteiger partial charge on any atom is -0.347 e. The van der Waals surface area contributed by atoms with Crippen LogP contribution in [0, 0.1) is 0 Å². The number of carbonyl (C=O) groups excluding carboxylic acids is 3. The lowest BCUT2D eigenvalue weighted by molar-refractivity contribution is -0.135. The minimum absolute atomic E-state index is 0.269. The molecule has 5 rings (SSSR count). The van der Waals surface area contributed by atoms with Crippen LogP contribution in [0.4, 0.5) is 4.79 Å². The fraction of sp³-hybridized carbons (Fsp3) is 0.269. The molecular formula is C26H25N3O3S. The first kappa shape index (κ1) is 21.4. The molecule has 3 aromatic rings. The fourth-order valence-corrected chi connectivity index (χ4v) is 5.86. The van der Waals surface area contributed by atoms with Gasteiger partial charge in [0.15, 0.2) is 0 Å². The number of fused-ring (bicyclic) bond motifs is 2. The molecule has 1 aliphatic heterocycles. The molecule has 168 valence electrons. The first-order valence-corrected chi connectivity index (χ1v) is 12.0. The predicted molar refractivity (Wildman–Crippen MR) is 127 cm³/mol.